The van der Waals surface area contributed by atoms with Gasteiger partial charge in [-0.05, 0) is 42.3 Å². The van der Waals surface area contributed by atoms with Gasteiger partial charge in [0.05, 0.1) is 17.6 Å². The molecule has 0 heterocycles. The normalized spacial score (nSPS) is 11.4. The summed E-state index contributed by atoms with van der Waals surface area (Å²) in [4.78, 5) is 11.8. The third kappa shape index (κ3) is 6.43. The molecule has 0 aromatic heterocycles. The van der Waals surface area contributed by atoms with Crippen molar-refractivity contribution in [3.05, 3.63) is 71.1 Å². The van der Waals surface area contributed by atoms with E-state index in [4.69, 9.17) is 4.74 Å². The van der Waals surface area contributed by atoms with E-state index in [9.17, 15) is 13.2 Å². The van der Waals surface area contributed by atoms with Gasteiger partial charge in [-0.2, -0.15) is 0 Å². The Bertz CT molecular complexity index is 812. The van der Waals surface area contributed by atoms with Gasteiger partial charge in [-0.3, -0.25) is 4.72 Å². The van der Waals surface area contributed by atoms with E-state index in [-0.39, 0.29) is 0 Å². The summed E-state index contributed by atoms with van der Waals surface area (Å²) in [7, 11) is -3.63. The molecule has 0 amide bonds. The number of esters is 1. The van der Waals surface area contributed by atoms with Crippen molar-refractivity contribution in [3.8, 4) is 0 Å². The van der Waals surface area contributed by atoms with E-state index in [1.807, 2.05) is 37.3 Å². The largest absolute Gasteiger partial charge is 0.462 e. The molecule has 6 heteroatoms. The van der Waals surface area contributed by atoms with Crippen molar-refractivity contribution in [2.24, 2.45) is 0 Å². The number of benzene rings is 2. The van der Waals surface area contributed by atoms with Crippen molar-refractivity contribution in [1.82, 2.24) is 0 Å². The van der Waals surface area contributed by atoms with E-state index in [0.29, 0.717) is 17.9 Å². The molecule has 0 radical (unpaired) electrons. The Morgan fingerprint density at radius 3 is 2.40 bits per heavy atom. The summed E-state index contributed by atoms with van der Waals surface area (Å²) in [5, 5.41) is 1.11. The Morgan fingerprint density at radius 2 is 1.76 bits per heavy atom. The molecule has 1 N–H and O–H groups in total. The number of ether oxygens (including phenoxy) is 1. The standard InChI is InChI=1S/C19H21NO4S/c1-2-3-14-24-19(21)17-9-11-18(12-10-17)20-25(22,23)15-13-16-7-5-4-6-8-16/h4-13,15,20H,2-3,14H2,1H3/b15-13+. The minimum absolute atomic E-state index is 0.378. The second-order valence-corrected chi connectivity index (χ2v) is 6.99. The fraction of sp³-hybridized carbons (Fsp3) is 0.211. The maximum absolute atomic E-state index is 12.1. The Morgan fingerprint density at radius 1 is 1.08 bits per heavy atom. The van der Waals surface area contributed by atoms with Gasteiger partial charge in [-0.1, -0.05) is 43.7 Å². The minimum atomic E-state index is -3.63. The zero-order valence-electron chi connectivity index (χ0n) is 14.0. The lowest BCUT2D eigenvalue weighted by Gasteiger charge is -2.06. The van der Waals surface area contributed by atoms with Crippen LogP contribution in [0.5, 0.6) is 0 Å². The van der Waals surface area contributed by atoms with E-state index in [1.165, 1.54) is 30.3 Å². The summed E-state index contributed by atoms with van der Waals surface area (Å²) >= 11 is 0. The smallest absolute Gasteiger partial charge is 0.338 e. The highest BCUT2D eigenvalue weighted by Crippen LogP contribution is 2.14. The number of anilines is 1. The first-order chi connectivity index (χ1) is 12.0. The second kappa shape index (κ2) is 9.03. The van der Waals surface area contributed by atoms with Crippen molar-refractivity contribution in [2.75, 3.05) is 11.3 Å². The van der Waals surface area contributed by atoms with Crippen molar-refractivity contribution in [1.29, 1.82) is 0 Å². The molecular weight excluding hydrogens is 338 g/mol. The lowest BCUT2D eigenvalue weighted by molar-refractivity contribution is 0.0500. The Hall–Kier alpha value is -2.60. The predicted molar refractivity (Wildman–Crippen MR) is 99.7 cm³/mol. The summed E-state index contributed by atoms with van der Waals surface area (Å²) in [6.07, 6.45) is 3.28. The van der Waals surface area contributed by atoms with Gasteiger partial charge in [0.1, 0.15) is 0 Å². The Balaban J connectivity index is 1.98. The molecule has 132 valence electrons. The lowest BCUT2D eigenvalue weighted by atomic mass is 10.2. The molecule has 0 spiro atoms. The first kappa shape index (κ1) is 18.7. The summed E-state index contributed by atoms with van der Waals surface area (Å²) in [6.45, 7) is 2.40. The maximum atomic E-state index is 12.1. The van der Waals surface area contributed by atoms with Crippen LogP contribution < -0.4 is 4.72 Å². The molecule has 0 saturated heterocycles. The van der Waals surface area contributed by atoms with Crippen LogP contribution in [0.4, 0.5) is 5.69 Å². The molecule has 5 nitrogen and oxygen atoms in total. The Kier molecular flexibility index (Phi) is 6.77. The van der Waals surface area contributed by atoms with E-state index in [1.54, 1.807) is 0 Å². The molecular formula is C19H21NO4S. The van der Waals surface area contributed by atoms with Crippen molar-refractivity contribution >= 4 is 27.8 Å². The van der Waals surface area contributed by atoms with Gasteiger partial charge in [-0.25, -0.2) is 13.2 Å². The van der Waals surface area contributed by atoms with Crippen LogP contribution in [0.2, 0.25) is 0 Å². The van der Waals surface area contributed by atoms with Crippen LogP contribution in [0.15, 0.2) is 60.0 Å². The SMILES string of the molecule is CCCCOC(=O)c1ccc(NS(=O)(=O)/C=C/c2ccccc2)cc1. The monoisotopic (exact) mass is 359 g/mol. The van der Waals surface area contributed by atoms with Crippen molar-refractivity contribution < 1.29 is 17.9 Å². The van der Waals surface area contributed by atoms with E-state index in [2.05, 4.69) is 4.72 Å². The highest BCUT2D eigenvalue weighted by molar-refractivity contribution is 7.95. The number of carbonyl (C=O) groups excluding carboxylic acids is 1. The van der Waals surface area contributed by atoms with Crippen LogP contribution in [-0.2, 0) is 14.8 Å². The molecule has 2 aromatic rings. The van der Waals surface area contributed by atoms with Crippen molar-refractivity contribution in [3.63, 3.8) is 0 Å². The molecule has 0 unspecified atom stereocenters. The van der Waals surface area contributed by atoms with E-state index in [0.717, 1.165) is 23.8 Å². The molecule has 0 bridgehead atoms. The number of rotatable bonds is 8. The van der Waals surface area contributed by atoms with Crippen LogP contribution in [0.3, 0.4) is 0 Å². The number of nitrogens with one attached hydrogen (secondary N) is 1. The average Bonchev–Trinajstić information content (AvgIpc) is 2.61. The van der Waals surface area contributed by atoms with Crippen molar-refractivity contribution in [2.45, 2.75) is 19.8 Å². The van der Waals surface area contributed by atoms with E-state index >= 15 is 0 Å². The third-order valence-corrected chi connectivity index (χ3v) is 4.37. The lowest BCUT2D eigenvalue weighted by Crippen LogP contribution is -2.10. The number of unbranched alkanes of at least 4 members (excludes halogenated alkanes) is 1. The van der Waals surface area contributed by atoms with Gasteiger partial charge >= 0.3 is 5.97 Å². The average molecular weight is 359 g/mol. The third-order valence-electron chi connectivity index (χ3n) is 3.35. The zero-order valence-corrected chi connectivity index (χ0v) is 14.8. The van der Waals surface area contributed by atoms with Gasteiger partial charge in [0, 0.05) is 5.69 Å². The molecule has 0 aliphatic heterocycles. The van der Waals surface area contributed by atoms with Crippen LogP contribution >= 0.6 is 0 Å². The summed E-state index contributed by atoms with van der Waals surface area (Å²) in [5.41, 5.74) is 1.56. The fourth-order valence-corrected chi connectivity index (χ4v) is 2.87. The predicted octanol–water partition coefficient (Wildman–Crippen LogP) is 4.06. The Labute approximate surface area is 148 Å². The molecule has 2 aromatic carbocycles. The first-order valence-electron chi connectivity index (χ1n) is 8.03. The molecule has 0 aliphatic rings. The molecule has 25 heavy (non-hydrogen) atoms. The van der Waals surface area contributed by atoms with Gasteiger partial charge in [-0.15, -0.1) is 0 Å². The van der Waals surface area contributed by atoms with E-state index < -0.39 is 16.0 Å². The highest BCUT2D eigenvalue weighted by atomic mass is 32.2. The van der Waals surface area contributed by atoms with Gasteiger partial charge in [0.25, 0.3) is 10.0 Å². The second-order valence-electron chi connectivity index (χ2n) is 5.43. The number of carbonyl (C=O) groups is 1. The van der Waals surface area contributed by atoms with Crippen LogP contribution in [0.25, 0.3) is 6.08 Å². The molecule has 0 aliphatic carbocycles. The van der Waals surface area contributed by atoms with Crippen LogP contribution in [-0.4, -0.2) is 21.0 Å². The molecule has 0 atom stereocenters. The van der Waals surface area contributed by atoms with Gasteiger partial charge < -0.3 is 4.74 Å². The molecule has 0 fully saturated rings. The summed E-state index contributed by atoms with van der Waals surface area (Å²) in [6, 6.07) is 15.3. The molecule has 0 saturated carbocycles. The van der Waals surface area contributed by atoms with Crippen LogP contribution in [0.1, 0.15) is 35.7 Å². The summed E-state index contributed by atoms with van der Waals surface area (Å²) < 4.78 is 31.7. The topological polar surface area (TPSA) is 72.5 Å². The number of sulfonamides is 1. The maximum Gasteiger partial charge on any atom is 0.338 e. The number of hydrogen-bond donors (Lipinski definition) is 1. The zero-order chi connectivity index (χ0) is 18.1. The quantitative estimate of drug-likeness (QED) is 0.570. The minimum Gasteiger partial charge on any atom is -0.462 e. The van der Waals surface area contributed by atoms with Gasteiger partial charge in [0.15, 0.2) is 0 Å². The number of hydrogen-bond acceptors (Lipinski definition) is 4. The first-order valence-corrected chi connectivity index (χ1v) is 9.58. The molecule has 2 rings (SSSR count). The van der Waals surface area contributed by atoms with Gasteiger partial charge in [0.2, 0.25) is 0 Å². The fourth-order valence-electron chi connectivity index (χ4n) is 2.00. The van der Waals surface area contributed by atoms with Crippen LogP contribution in [0, 0.1) is 0 Å². The summed E-state index contributed by atoms with van der Waals surface area (Å²) in [5.74, 6) is -0.410. The highest BCUT2D eigenvalue weighted by Gasteiger charge is 2.09.